The van der Waals surface area contributed by atoms with Crippen molar-refractivity contribution in [1.29, 1.82) is 0 Å². The van der Waals surface area contributed by atoms with Gasteiger partial charge in [-0.15, -0.1) is 0 Å². The van der Waals surface area contributed by atoms with E-state index < -0.39 is 0 Å². The van der Waals surface area contributed by atoms with Crippen LogP contribution in [0.5, 0.6) is 0 Å². The average molecular weight is 130 g/mol. The van der Waals surface area contributed by atoms with Crippen LogP contribution in [-0.2, 0) is 0 Å². The van der Waals surface area contributed by atoms with Gasteiger partial charge in [-0.3, -0.25) is 4.99 Å². The lowest BCUT2D eigenvalue weighted by atomic mass is 10.1. The third-order valence-electron chi connectivity index (χ3n) is 1.61. The van der Waals surface area contributed by atoms with E-state index in [1.807, 2.05) is 24.4 Å². The van der Waals surface area contributed by atoms with Crippen molar-refractivity contribution < 1.29 is 0 Å². The normalized spacial score (nSPS) is 14.8. The van der Waals surface area contributed by atoms with E-state index in [9.17, 15) is 0 Å². The van der Waals surface area contributed by atoms with Gasteiger partial charge in [0, 0.05) is 6.21 Å². The summed E-state index contributed by atoms with van der Waals surface area (Å²) < 4.78 is 0. The molecule has 0 saturated carbocycles. The minimum atomic E-state index is 0.969. The zero-order valence-electron chi connectivity index (χ0n) is 5.62. The number of para-hydroxylation sites is 1. The highest BCUT2D eigenvalue weighted by atomic mass is 14.7. The van der Waals surface area contributed by atoms with Gasteiger partial charge in [0.2, 0.25) is 0 Å². The lowest BCUT2D eigenvalue weighted by Crippen LogP contribution is -1.89. The Morgan fingerprint density at radius 1 is 1.20 bits per heavy atom. The zero-order valence-corrected chi connectivity index (χ0v) is 5.62. The molecule has 0 unspecified atom stereocenters. The van der Waals surface area contributed by atoms with Crippen LogP contribution in [0.15, 0.2) is 29.3 Å². The zero-order chi connectivity index (χ0) is 6.81. The van der Waals surface area contributed by atoms with E-state index in [0.717, 1.165) is 12.1 Å². The number of hydrogen-bond acceptors (Lipinski definition) is 1. The summed E-state index contributed by atoms with van der Waals surface area (Å²) in [6.07, 6.45) is 5.08. The van der Waals surface area contributed by atoms with E-state index in [-0.39, 0.29) is 0 Å². The minimum absolute atomic E-state index is 0.969. The minimum Gasteiger partial charge on any atom is -0.261 e. The van der Waals surface area contributed by atoms with Crippen molar-refractivity contribution in [1.82, 2.24) is 0 Å². The van der Waals surface area contributed by atoms with Gasteiger partial charge in [-0.05, 0) is 24.5 Å². The lowest BCUT2D eigenvalue weighted by Gasteiger charge is -2.06. The predicted octanol–water partition coefficient (Wildman–Crippen LogP) is 2.34. The Hall–Kier alpha value is -1.11. The maximum absolute atomic E-state index is 4.24. The number of nitrogens with zero attached hydrogens (tertiary/aromatic N) is 1. The van der Waals surface area contributed by atoms with Gasteiger partial charge >= 0.3 is 0 Å². The first-order valence-electron chi connectivity index (χ1n) is 3.41. The van der Waals surface area contributed by atoms with E-state index in [0.29, 0.717) is 0 Å². The van der Waals surface area contributed by atoms with Crippen LogP contribution in [-0.4, -0.2) is 6.21 Å². The molecule has 0 N–H and O–H groups in total. The molecule has 0 saturated heterocycles. The van der Waals surface area contributed by atoms with Crippen molar-refractivity contribution in [2.24, 2.45) is 4.99 Å². The van der Waals surface area contributed by atoms with Crippen LogP contribution in [0.4, 0.5) is 5.69 Å². The maximum Gasteiger partial charge on any atom is 0.0660 e. The van der Waals surface area contributed by atoms with Crippen LogP contribution >= 0.6 is 0 Å². The van der Waals surface area contributed by atoms with Gasteiger partial charge < -0.3 is 0 Å². The summed E-state index contributed by atoms with van der Waals surface area (Å²) in [4.78, 5) is 4.24. The Morgan fingerprint density at radius 2 is 2.10 bits per heavy atom. The topological polar surface area (TPSA) is 12.4 Å². The summed E-state index contributed by atoms with van der Waals surface area (Å²) in [7, 11) is 0. The molecule has 0 aliphatic carbocycles. The summed E-state index contributed by atoms with van der Waals surface area (Å²) in [5.41, 5.74) is 2.35. The van der Waals surface area contributed by atoms with Gasteiger partial charge in [-0.25, -0.2) is 0 Å². The molecule has 1 nitrogen and oxygen atoms in total. The number of hydrogen-bond donors (Lipinski definition) is 0. The third-order valence-corrected chi connectivity index (χ3v) is 1.61. The average Bonchev–Trinajstić information content (AvgIpc) is 2.05. The predicted molar refractivity (Wildman–Crippen MR) is 42.6 cm³/mol. The summed E-state index contributed by atoms with van der Waals surface area (Å²) in [5, 5.41) is 0. The Bertz CT molecular complexity index is 263. The molecule has 0 atom stereocenters. The highest BCUT2D eigenvalue weighted by Crippen LogP contribution is 2.23. The first-order chi connectivity index (χ1) is 4.97. The molecule has 1 radical (unpaired) electrons. The van der Waals surface area contributed by atoms with Gasteiger partial charge in [0.15, 0.2) is 0 Å². The van der Waals surface area contributed by atoms with Crippen molar-refractivity contribution in [3.8, 4) is 0 Å². The van der Waals surface area contributed by atoms with Crippen molar-refractivity contribution in [3.05, 3.63) is 36.2 Å². The summed E-state index contributed by atoms with van der Waals surface area (Å²) in [5.74, 6) is 0. The van der Waals surface area contributed by atoms with E-state index in [1.54, 1.807) is 0 Å². The Kier molecular flexibility index (Phi) is 1.28. The third kappa shape index (κ3) is 0.838. The van der Waals surface area contributed by atoms with Gasteiger partial charge in [0.1, 0.15) is 0 Å². The molecule has 1 aromatic carbocycles. The molecule has 0 amide bonds. The number of aliphatic imine (C=N–C) groups is 1. The monoisotopic (exact) mass is 130 g/mol. The van der Waals surface area contributed by atoms with E-state index >= 15 is 0 Å². The first kappa shape index (κ1) is 5.66. The Balaban J connectivity index is 2.54. The maximum atomic E-state index is 4.24. The largest absolute Gasteiger partial charge is 0.261 e. The fourth-order valence-corrected chi connectivity index (χ4v) is 1.11. The van der Waals surface area contributed by atoms with E-state index in [2.05, 4.69) is 17.5 Å². The molecule has 1 aliphatic heterocycles. The van der Waals surface area contributed by atoms with Crippen LogP contribution in [0.2, 0.25) is 0 Å². The number of benzene rings is 1. The Labute approximate surface area is 60.4 Å². The SMILES string of the molecule is [CH]1CC=Nc2ccccc21. The molecule has 1 heteroatoms. The molecular weight excluding hydrogens is 122 g/mol. The molecular formula is C9H8N. The van der Waals surface area contributed by atoms with E-state index in [1.165, 1.54) is 5.56 Å². The van der Waals surface area contributed by atoms with Crippen molar-refractivity contribution in [2.45, 2.75) is 6.42 Å². The highest BCUT2D eigenvalue weighted by Gasteiger charge is 2.02. The van der Waals surface area contributed by atoms with Crippen LogP contribution in [0.1, 0.15) is 12.0 Å². The molecule has 49 valence electrons. The second-order valence-corrected chi connectivity index (χ2v) is 2.31. The molecule has 0 bridgehead atoms. The second kappa shape index (κ2) is 2.25. The smallest absolute Gasteiger partial charge is 0.0660 e. The summed E-state index contributed by atoms with van der Waals surface area (Å²) in [6.45, 7) is 0. The van der Waals surface area contributed by atoms with Crippen molar-refractivity contribution in [3.63, 3.8) is 0 Å². The van der Waals surface area contributed by atoms with Gasteiger partial charge in [0.25, 0.3) is 0 Å². The van der Waals surface area contributed by atoms with Gasteiger partial charge in [0.05, 0.1) is 5.69 Å². The van der Waals surface area contributed by atoms with E-state index in [4.69, 9.17) is 0 Å². The second-order valence-electron chi connectivity index (χ2n) is 2.31. The molecule has 1 heterocycles. The molecule has 0 fully saturated rings. The van der Waals surface area contributed by atoms with Crippen LogP contribution in [0, 0.1) is 6.42 Å². The molecule has 0 spiro atoms. The number of rotatable bonds is 0. The van der Waals surface area contributed by atoms with Crippen molar-refractivity contribution in [2.75, 3.05) is 0 Å². The van der Waals surface area contributed by atoms with Crippen LogP contribution in [0.3, 0.4) is 0 Å². The van der Waals surface area contributed by atoms with Gasteiger partial charge in [-0.1, -0.05) is 18.2 Å². The fourth-order valence-electron chi connectivity index (χ4n) is 1.11. The molecule has 10 heavy (non-hydrogen) atoms. The highest BCUT2D eigenvalue weighted by molar-refractivity contribution is 5.71. The van der Waals surface area contributed by atoms with Crippen molar-refractivity contribution >= 4 is 11.9 Å². The molecule has 0 aromatic heterocycles. The molecule has 1 aromatic rings. The Morgan fingerprint density at radius 3 is 3.00 bits per heavy atom. The van der Waals surface area contributed by atoms with Gasteiger partial charge in [-0.2, -0.15) is 0 Å². The quantitative estimate of drug-likeness (QED) is 0.511. The van der Waals surface area contributed by atoms with Crippen LogP contribution in [0.25, 0.3) is 0 Å². The summed E-state index contributed by atoms with van der Waals surface area (Å²) >= 11 is 0. The number of fused-ring (bicyclic) bond motifs is 1. The molecule has 2 rings (SSSR count). The standard InChI is InChI=1S/C9H8N/c1-2-6-9-8(4-1)5-3-7-10-9/h1-2,4-7H,3H2. The lowest BCUT2D eigenvalue weighted by molar-refractivity contribution is 1.25. The molecule has 1 aliphatic rings. The fraction of sp³-hybridized carbons (Fsp3) is 0.111. The summed E-state index contributed by atoms with van der Waals surface area (Å²) in [6, 6.07) is 8.17. The van der Waals surface area contributed by atoms with Crippen LogP contribution < -0.4 is 0 Å². The first-order valence-corrected chi connectivity index (χ1v) is 3.41.